The van der Waals surface area contributed by atoms with Gasteiger partial charge in [-0.15, -0.1) is 0 Å². The van der Waals surface area contributed by atoms with E-state index in [-0.39, 0.29) is 36.9 Å². The van der Waals surface area contributed by atoms with Gasteiger partial charge in [0.15, 0.2) is 6.29 Å². The standard InChI is InChI=1S/C27H37N3O7S/c1-18(2)15-30(38(33,34)21-10-8-20(28)9-11-21)16-24(31)23(14-19-6-4-3-5-7-19)29-27(32)37-25-17-36-26-22(25)12-13-35-26/h3-11,18,22-26,31H,12-17,28H2,1-2H3,(H,29,32)/t22-,23-,24+,25-,26+/m0/s1/i12D2,13D2. The Hall–Kier alpha value is -2.70. The molecule has 2 aromatic rings. The number of nitrogens with one attached hydrogen (secondary N) is 1. The third-order valence-electron chi connectivity index (χ3n) is 6.32. The molecule has 0 aliphatic carbocycles. The molecule has 2 aliphatic rings. The van der Waals surface area contributed by atoms with Gasteiger partial charge in [0.2, 0.25) is 10.0 Å². The molecule has 0 unspecified atom stereocenters. The van der Waals surface area contributed by atoms with Crippen molar-refractivity contribution in [3.05, 3.63) is 60.2 Å². The van der Waals surface area contributed by atoms with Crippen LogP contribution >= 0.6 is 0 Å². The summed E-state index contributed by atoms with van der Waals surface area (Å²) in [6, 6.07) is 13.7. The van der Waals surface area contributed by atoms with Crippen LogP contribution in [0.5, 0.6) is 0 Å². The molecular formula is C27H37N3O7S. The molecule has 2 heterocycles. The highest BCUT2D eigenvalue weighted by molar-refractivity contribution is 7.89. The van der Waals surface area contributed by atoms with Gasteiger partial charge in [-0.3, -0.25) is 0 Å². The summed E-state index contributed by atoms with van der Waals surface area (Å²) in [5, 5.41) is 14.0. The topological polar surface area (TPSA) is 140 Å². The Labute approximate surface area is 229 Å². The van der Waals surface area contributed by atoms with Gasteiger partial charge < -0.3 is 30.4 Å². The van der Waals surface area contributed by atoms with Gasteiger partial charge >= 0.3 is 6.09 Å². The highest BCUT2D eigenvalue weighted by atomic mass is 32.2. The van der Waals surface area contributed by atoms with Gasteiger partial charge in [0.1, 0.15) is 6.10 Å². The Balaban J connectivity index is 1.53. The highest BCUT2D eigenvalue weighted by Crippen LogP contribution is 2.33. The minimum Gasteiger partial charge on any atom is -0.443 e. The molecule has 4 rings (SSSR count). The molecule has 5 atom stereocenters. The van der Waals surface area contributed by atoms with Crippen molar-refractivity contribution in [3.63, 3.8) is 0 Å². The number of sulfonamides is 1. The van der Waals surface area contributed by atoms with Gasteiger partial charge in [-0.1, -0.05) is 44.2 Å². The van der Waals surface area contributed by atoms with Gasteiger partial charge in [-0.2, -0.15) is 4.31 Å². The smallest absolute Gasteiger partial charge is 0.407 e. The maximum atomic E-state index is 13.5. The number of fused-ring (bicyclic) bond motifs is 1. The molecule has 0 aromatic heterocycles. The second kappa shape index (κ2) is 12.4. The first kappa shape index (κ1) is 23.2. The molecule has 4 N–H and O–H groups in total. The fourth-order valence-corrected chi connectivity index (χ4v) is 6.01. The molecule has 38 heavy (non-hydrogen) atoms. The van der Waals surface area contributed by atoms with Crippen molar-refractivity contribution in [2.24, 2.45) is 11.8 Å². The molecule has 2 saturated heterocycles. The minimum atomic E-state index is -4.03. The predicted octanol–water partition coefficient (Wildman–Crippen LogP) is 2.38. The molecule has 0 spiro atoms. The van der Waals surface area contributed by atoms with E-state index in [9.17, 15) is 18.3 Å². The number of aliphatic hydroxyl groups is 1. The molecule has 2 aliphatic heterocycles. The van der Waals surface area contributed by atoms with Crippen molar-refractivity contribution >= 4 is 21.8 Å². The minimum absolute atomic E-state index is 0.0141. The summed E-state index contributed by atoms with van der Waals surface area (Å²) in [5.41, 5.74) is 6.89. The number of aliphatic hydroxyl groups excluding tert-OH is 1. The Bertz CT molecular complexity index is 1330. The second-order valence-corrected chi connectivity index (χ2v) is 11.8. The summed E-state index contributed by atoms with van der Waals surface area (Å²) < 4.78 is 76.2. The first-order valence-electron chi connectivity index (χ1n) is 14.5. The fraction of sp³-hybridized carbons (Fsp3) is 0.519. The maximum Gasteiger partial charge on any atom is 0.407 e. The Morgan fingerprint density at radius 3 is 2.58 bits per heavy atom. The molecular weight excluding hydrogens is 510 g/mol. The SMILES string of the molecule is [2H]C1([2H])O[C@@H]2OC[C@H](OC(=O)N[C@@H](Cc3ccccc3)[C@H](O)CN(CC(C)C)S(=O)(=O)c3ccc(N)cc3)[C@@H]2C1([2H])[2H]. The molecule has 2 aromatic carbocycles. The highest BCUT2D eigenvalue weighted by Gasteiger charge is 2.44. The zero-order chi connectivity index (χ0) is 30.9. The van der Waals surface area contributed by atoms with Crippen molar-refractivity contribution in [1.82, 2.24) is 9.62 Å². The van der Waals surface area contributed by atoms with E-state index in [1.165, 1.54) is 28.6 Å². The summed E-state index contributed by atoms with van der Waals surface area (Å²) in [5.74, 6) is -1.28. The van der Waals surface area contributed by atoms with E-state index in [0.29, 0.717) is 5.69 Å². The lowest BCUT2D eigenvalue weighted by Gasteiger charge is -2.31. The van der Waals surface area contributed by atoms with Crippen LogP contribution in [-0.4, -0.2) is 74.7 Å². The number of ether oxygens (including phenoxy) is 3. The number of hydrogen-bond acceptors (Lipinski definition) is 8. The molecule has 2 fully saturated rings. The number of anilines is 1. The van der Waals surface area contributed by atoms with Gasteiger partial charge in [0, 0.05) is 21.5 Å². The lowest BCUT2D eigenvalue weighted by Crippen LogP contribution is -2.51. The number of amides is 1. The Morgan fingerprint density at radius 2 is 1.89 bits per heavy atom. The average molecular weight is 552 g/mol. The first-order chi connectivity index (χ1) is 19.6. The van der Waals surface area contributed by atoms with Crippen LogP contribution in [0.4, 0.5) is 10.5 Å². The Kier molecular flexibility index (Phi) is 7.60. The summed E-state index contributed by atoms with van der Waals surface area (Å²) in [4.78, 5) is 13.1. The number of carbonyl (C=O) groups is 1. The molecule has 0 bridgehead atoms. The summed E-state index contributed by atoms with van der Waals surface area (Å²) in [7, 11) is -4.03. The van der Waals surface area contributed by atoms with Crippen LogP contribution in [0, 0.1) is 11.8 Å². The van der Waals surface area contributed by atoms with Crippen LogP contribution in [0.15, 0.2) is 59.5 Å². The summed E-state index contributed by atoms with van der Waals surface area (Å²) >= 11 is 0. The van der Waals surface area contributed by atoms with E-state index in [2.05, 4.69) is 5.32 Å². The van der Waals surface area contributed by atoms with E-state index < -0.39 is 59.5 Å². The number of nitrogens with zero attached hydrogens (tertiary/aromatic N) is 1. The number of rotatable bonds is 11. The van der Waals surface area contributed by atoms with Crippen molar-refractivity contribution < 1.29 is 38.0 Å². The van der Waals surface area contributed by atoms with Crippen LogP contribution in [0.25, 0.3) is 0 Å². The number of carbonyl (C=O) groups excluding carboxylic acids is 1. The van der Waals surface area contributed by atoms with Gasteiger partial charge in [-0.25, -0.2) is 13.2 Å². The summed E-state index contributed by atoms with van der Waals surface area (Å²) in [6.45, 7) is 0.622. The van der Waals surface area contributed by atoms with Crippen molar-refractivity contribution in [1.29, 1.82) is 0 Å². The number of alkyl carbamates (subject to hydrolysis) is 1. The summed E-state index contributed by atoms with van der Waals surface area (Å²) in [6.07, 6.45) is -7.10. The quantitative estimate of drug-likeness (QED) is 0.362. The molecule has 10 nitrogen and oxygen atoms in total. The fourth-order valence-electron chi connectivity index (χ4n) is 4.39. The van der Waals surface area contributed by atoms with Crippen molar-refractivity contribution in [2.75, 3.05) is 32.0 Å². The third-order valence-corrected chi connectivity index (χ3v) is 8.17. The van der Waals surface area contributed by atoms with E-state index >= 15 is 0 Å². The largest absolute Gasteiger partial charge is 0.443 e. The van der Waals surface area contributed by atoms with Crippen LogP contribution in [-0.2, 0) is 30.7 Å². The molecule has 0 saturated carbocycles. The Morgan fingerprint density at radius 1 is 1.18 bits per heavy atom. The zero-order valence-corrected chi connectivity index (χ0v) is 22.1. The number of nitrogens with two attached hydrogens (primary N) is 1. The van der Waals surface area contributed by atoms with Gasteiger partial charge in [0.25, 0.3) is 0 Å². The normalized spacial score (nSPS) is 27.0. The lowest BCUT2D eigenvalue weighted by atomic mass is 10.0. The molecule has 1 amide bonds. The third kappa shape index (κ3) is 7.03. The van der Waals surface area contributed by atoms with E-state index in [1.807, 2.05) is 19.9 Å². The first-order valence-corrected chi connectivity index (χ1v) is 13.9. The maximum absolute atomic E-state index is 13.5. The molecule has 208 valence electrons. The van der Waals surface area contributed by atoms with E-state index in [4.69, 9.17) is 25.4 Å². The van der Waals surface area contributed by atoms with Crippen LogP contribution in [0.3, 0.4) is 0 Å². The van der Waals surface area contributed by atoms with Crippen molar-refractivity contribution in [2.45, 2.75) is 56.1 Å². The molecule has 0 radical (unpaired) electrons. The monoisotopic (exact) mass is 551 g/mol. The van der Waals surface area contributed by atoms with Crippen LogP contribution in [0.2, 0.25) is 0 Å². The number of benzene rings is 2. The van der Waals surface area contributed by atoms with Crippen LogP contribution in [0.1, 0.15) is 31.3 Å². The average Bonchev–Trinajstić information content (AvgIpc) is 3.37. The second-order valence-electron chi connectivity index (χ2n) is 9.83. The number of nitrogen functional groups attached to an aromatic ring is 1. The van der Waals surface area contributed by atoms with E-state index in [0.717, 1.165) is 5.56 Å². The van der Waals surface area contributed by atoms with E-state index in [1.54, 1.807) is 24.3 Å². The van der Waals surface area contributed by atoms with Crippen LogP contribution < -0.4 is 11.1 Å². The molecule has 11 heteroatoms. The predicted molar refractivity (Wildman–Crippen MR) is 142 cm³/mol. The van der Waals surface area contributed by atoms with Gasteiger partial charge in [0.05, 0.1) is 38.9 Å². The zero-order valence-electron chi connectivity index (χ0n) is 25.3. The van der Waals surface area contributed by atoms with Gasteiger partial charge in [-0.05, 0) is 48.5 Å². The van der Waals surface area contributed by atoms with Crippen molar-refractivity contribution in [3.8, 4) is 0 Å². The number of hydrogen-bond donors (Lipinski definition) is 3. The lowest BCUT2D eigenvalue weighted by molar-refractivity contribution is -0.0907.